The van der Waals surface area contributed by atoms with Crippen LogP contribution in [0.3, 0.4) is 0 Å². The molecule has 0 aromatic heterocycles. The van der Waals surface area contributed by atoms with Crippen LogP contribution in [0.2, 0.25) is 5.02 Å². The van der Waals surface area contributed by atoms with Gasteiger partial charge in [-0.1, -0.05) is 54.1 Å². The van der Waals surface area contributed by atoms with Crippen LogP contribution in [0.5, 0.6) is 0 Å². The number of nitrogens with zero attached hydrogens (tertiary/aromatic N) is 2. The maximum atomic E-state index is 12.4. The van der Waals surface area contributed by atoms with Gasteiger partial charge in [0, 0.05) is 18.5 Å². The number of hydrogen-bond donors (Lipinski definition) is 0. The molecule has 21 heavy (non-hydrogen) atoms. The van der Waals surface area contributed by atoms with Gasteiger partial charge in [-0.3, -0.25) is 4.79 Å². The minimum atomic E-state index is -0.181. The number of hydrazone groups is 1. The van der Waals surface area contributed by atoms with Crippen LogP contribution >= 0.6 is 11.6 Å². The monoisotopic (exact) mass is 298 g/mol. The fourth-order valence-corrected chi connectivity index (χ4v) is 2.67. The summed E-state index contributed by atoms with van der Waals surface area (Å²) in [5, 5.41) is 6.53. The third-order valence-corrected chi connectivity index (χ3v) is 3.92. The highest BCUT2D eigenvalue weighted by molar-refractivity contribution is 6.30. The first kappa shape index (κ1) is 13.8. The van der Waals surface area contributed by atoms with Gasteiger partial charge in [-0.15, -0.1) is 0 Å². The van der Waals surface area contributed by atoms with Gasteiger partial charge in [-0.2, -0.15) is 5.10 Å². The van der Waals surface area contributed by atoms with Gasteiger partial charge in [0.2, 0.25) is 5.91 Å². The van der Waals surface area contributed by atoms with Gasteiger partial charge >= 0.3 is 0 Å². The molecule has 0 N–H and O–H groups in total. The number of carbonyl (C=O) groups excluding carboxylic acids is 1. The Morgan fingerprint density at radius 1 is 1.10 bits per heavy atom. The van der Waals surface area contributed by atoms with Crippen molar-refractivity contribution in [3.8, 4) is 0 Å². The summed E-state index contributed by atoms with van der Waals surface area (Å²) in [4.78, 5) is 12.4. The SMILES string of the molecule is CN1N=C(c2ccc(Cl)cc2)CC(c2ccccc2)C1=O. The topological polar surface area (TPSA) is 32.7 Å². The van der Waals surface area contributed by atoms with E-state index in [1.807, 2.05) is 54.6 Å². The zero-order valence-corrected chi connectivity index (χ0v) is 12.4. The Hall–Kier alpha value is -2.13. The lowest BCUT2D eigenvalue weighted by Crippen LogP contribution is -2.35. The molecule has 2 aromatic carbocycles. The highest BCUT2D eigenvalue weighted by atomic mass is 35.5. The van der Waals surface area contributed by atoms with E-state index in [0.29, 0.717) is 11.4 Å². The van der Waals surface area contributed by atoms with Crippen LogP contribution in [-0.2, 0) is 4.79 Å². The lowest BCUT2D eigenvalue weighted by Gasteiger charge is -2.27. The molecule has 1 unspecified atom stereocenters. The van der Waals surface area contributed by atoms with Gasteiger partial charge in [-0.25, -0.2) is 5.01 Å². The molecular weight excluding hydrogens is 284 g/mol. The zero-order chi connectivity index (χ0) is 14.8. The maximum absolute atomic E-state index is 12.4. The van der Waals surface area contributed by atoms with Gasteiger partial charge in [0.1, 0.15) is 0 Å². The van der Waals surface area contributed by atoms with Crippen LogP contribution < -0.4 is 0 Å². The summed E-state index contributed by atoms with van der Waals surface area (Å²) in [6.07, 6.45) is 0.606. The first-order valence-corrected chi connectivity index (χ1v) is 7.19. The van der Waals surface area contributed by atoms with Crippen molar-refractivity contribution in [3.05, 3.63) is 70.7 Å². The summed E-state index contributed by atoms with van der Waals surface area (Å²) in [6.45, 7) is 0. The average Bonchev–Trinajstić information content (AvgIpc) is 2.51. The Labute approximate surface area is 128 Å². The van der Waals surface area contributed by atoms with Crippen molar-refractivity contribution in [2.75, 3.05) is 7.05 Å². The summed E-state index contributed by atoms with van der Waals surface area (Å²) < 4.78 is 0. The molecule has 0 bridgehead atoms. The Bertz CT molecular complexity index is 680. The standard InChI is InChI=1S/C17H15ClN2O/c1-20-17(21)15(12-5-3-2-4-6-12)11-16(19-20)13-7-9-14(18)10-8-13/h2-10,15H,11H2,1H3. The first-order valence-electron chi connectivity index (χ1n) is 6.81. The summed E-state index contributed by atoms with van der Waals surface area (Å²) in [5.74, 6) is -0.154. The third-order valence-electron chi connectivity index (χ3n) is 3.66. The summed E-state index contributed by atoms with van der Waals surface area (Å²) in [5.41, 5.74) is 2.93. The van der Waals surface area contributed by atoms with Gasteiger partial charge in [0.25, 0.3) is 0 Å². The van der Waals surface area contributed by atoms with Crippen LogP contribution in [0, 0.1) is 0 Å². The van der Waals surface area contributed by atoms with Gasteiger partial charge in [0.05, 0.1) is 11.6 Å². The number of halogens is 1. The van der Waals surface area contributed by atoms with E-state index in [-0.39, 0.29) is 11.8 Å². The largest absolute Gasteiger partial charge is 0.272 e. The highest BCUT2D eigenvalue weighted by Crippen LogP contribution is 2.28. The molecule has 3 rings (SSSR count). The van der Waals surface area contributed by atoms with E-state index in [4.69, 9.17) is 11.6 Å². The van der Waals surface area contributed by atoms with Crippen LogP contribution in [0.15, 0.2) is 59.7 Å². The van der Waals surface area contributed by atoms with E-state index in [1.165, 1.54) is 5.01 Å². The number of likely N-dealkylation sites (N-methyl/N-ethyl adjacent to an activating group) is 1. The van der Waals surface area contributed by atoms with E-state index in [2.05, 4.69) is 5.10 Å². The summed E-state index contributed by atoms with van der Waals surface area (Å²) >= 11 is 5.92. The molecule has 1 atom stereocenters. The van der Waals surface area contributed by atoms with E-state index in [9.17, 15) is 4.79 Å². The van der Waals surface area contributed by atoms with E-state index in [0.717, 1.165) is 16.8 Å². The van der Waals surface area contributed by atoms with Crippen LogP contribution in [0.1, 0.15) is 23.5 Å². The fourth-order valence-electron chi connectivity index (χ4n) is 2.54. The molecule has 1 heterocycles. The molecule has 2 aromatic rings. The predicted octanol–water partition coefficient (Wildman–Crippen LogP) is 3.69. The predicted molar refractivity (Wildman–Crippen MR) is 84.6 cm³/mol. The average molecular weight is 299 g/mol. The summed E-state index contributed by atoms with van der Waals surface area (Å²) in [7, 11) is 1.70. The van der Waals surface area contributed by atoms with Gasteiger partial charge < -0.3 is 0 Å². The molecule has 0 radical (unpaired) electrons. The van der Waals surface area contributed by atoms with Gasteiger partial charge in [0.15, 0.2) is 0 Å². The third kappa shape index (κ3) is 2.83. The van der Waals surface area contributed by atoms with Crippen molar-refractivity contribution in [2.24, 2.45) is 5.10 Å². The summed E-state index contributed by atoms with van der Waals surface area (Å²) in [6, 6.07) is 17.4. The van der Waals surface area contributed by atoms with Crippen molar-refractivity contribution in [1.82, 2.24) is 5.01 Å². The Balaban J connectivity index is 1.95. The van der Waals surface area contributed by atoms with E-state index >= 15 is 0 Å². The fraction of sp³-hybridized carbons (Fsp3) is 0.176. The number of carbonyl (C=O) groups is 1. The minimum Gasteiger partial charge on any atom is -0.272 e. The second kappa shape index (κ2) is 5.70. The Morgan fingerprint density at radius 3 is 2.43 bits per heavy atom. The molecule has 1 aliphatic heterocycles. The molecule has 0 saturated heterocycles. The Morgan fingerprint density at radius 2 is 1.76 bits per heavy atom. The van der Waals surface area contributed by atoms with Crippen molar-refractivity contribution in [3.63, 3.8) is 0 Å². The molecule has 106 valence electrons. The second-order valence-corrected chi connectivity index (χ2v) is 5.52. The molecule has 0 fully saturated rings. The van der Waals surface area contributed by atoms with Crippen molar-refractivity contribution >= 4 is 23.2 Å². The van der Waals surface area contributed by atoms with Crippen LogP contribution in [-0.4, -0.2) is 23.7 Å². The molecule has 3 nitrogen and oxygen atoms in total. The maximum Gasteiger partial charge on any atom is 0.250 e. The van der Waals surface area contributed by atoms with Crippen molar-refractivity contribution < 1.29 is 4.79 Å². The van der Waals surface area contributed by atoms with Crippen LogP contribution in [0.25, 0.3) is 0 Å². The highest BCUT2D eigenvalue weighted by Gasteiger charge is 2.30. The number of rotatable bonds is 2. The van der Waals surface area contributed by atoms with E-state index in [1.54, 1.807) is 7.05 Å². The van der Waals surface area contributed by atoms with Crippen molar-refractivity contribution in [2.45, 2.75) is 12.3 Å². The minimum absolute atomic E-state index is 0.0268. The lowest BCUT2D eigenvalue weighted by molar-refractivity contribution is -0.132. The second-order valence-electron chi connectivity index (χ2n) is 5.08. The number of hydrogen-bond acceptors (Lipinski definition) is 2. The normalized spacial score (nSPS) is 18.6. The van der Waals surface area contributed by atoms with E-state index < -0.39 is 0 Å². The number of amides is 1. The van der Waals surface area contributed by atoms with Crippen molar-refractivity contribution in [1.29, 1.82) is 0 Å². The molecule has 0 aliphatic carbocycles. The number of benzene rings is 2. The lowest BCUT2D eigenvalue weighted by atomic mass is 9.89. The zero-order valence-electron chi connectivity index (χ0n) is 11.7. The molecule has 1 aliphatic rings. The molecule has 0 spiro atoms. The smallest absolute Gasteiger partial charge is 0.250 e. The Kier molecular flexibility index (Phi) is 3.76. The molecule has 4 heteroatoms. The molecule has 0 saturated carbocycles. The molecule has 1 amide bonds. The van der Waals surface area contributed by atoms with Gasteiger partial charge in [-0.05, 0) is 23.3 Å². The van der Waals surface area contributed by atoms with Crippen LogP contribution in [0.4, 0.5) is 0 Å². The first-order chi connectivity index (χ1) is 10.1. The quantitative estimate of drug-likeness (QED) is 0.832. The molecular formula is C17H15ClN2O.